The summed E-state index contributed by atoms with van der Waals surface area (Å²) in [6.45, 7) is 2.46. The van der Waals surface area contributed by atoms with Crippen molar-refractivity contribution in [1.82, 2.24) is 25.2 Å². The number of aromatic nitrogens is 4. The molecule has 0 bridgehead atoms. The van der Waals surface area contributed by atoms with Crippen molar-refractivity contribution >= 4 is 81.4 Å². The molecule has 20 heteroatoms. The molecule has 2 aliphatic heterocycles. The van der Waals surface area contributed by atoms with Gasteiger partial charge in [0, 0.05) is 16.9 Å². The lowest BCUT2D eigenvalue weighted by Crippen LogP contribution is -2.71. The number of carboxylic acids is 2. The number of hydrogen-bond acceptors (Lipinski definition) is 16. The van der Waals surface area contributed by atoms with Crippen LogP contribution in [0.3, 0.4) is 0 Å². The summed E-state index contributed by atoms with van der Waals surface area (Å²) in [6.07, 6.45) is 0. The summed E-state index contributed by atoms with van der Waals surface area (Å²) in [5.74, 6) is -4.08. The van der Waals surface area contributed by atoms with E-state index in [4.69, 9.17) is 22.0 Å². The third-order valence-electron chi connectivity index (χ3n) is 5.83. The topological polar surface area (TPSA) is 269 Å². The zero-order chi connectivity index (χ0) is 30.2. The van der Waals surface area contributed by atoms with Crippen LogP contribution in [0.4, 0.5) is 17.0 Å². The minimum atomic E-state index is -1.78. The van der Waals surface area contributed by atoms with Crippen molar-refractivity contribution < 1.29 is 38.8 Å². The molecular formula is C21H24N10O7S3. The second kappa shape index (κ2) is 11.4. The Hall–Kier alpha value is -4.17. The number of nitrogens with one attached hydrogen (secondary N) is 1. The number of β-lactam (4-membered cyclic amide) rings is 1. The van der Waals surface area contributed by atoms with Gasteiger partial charge in [0.2, 0.25) is 5.60 Å². The minimum Gasteiger partial charge on any atom is -0.543 e. The third kappa shape index (κ3) is 5.98. The summed E-state index contributed by atoms with van der Waals surface area (Å²) >= 11 is 3.39. The Bertz CT molecular complexity index is 1510. The molecular weight excluding hydrogens is 600 g/mol. The molecule has 1 saturated heterocycles. The normalized spacial score (nSPS) is 19.0. The van der Waals surface area contributed by atoms with E-state index in [1.807, 2.05) is 0 Å². The molecule has 2 aliphatic rings. The van der Waals surface area contributed by atoms with E-state index in [0.717, 1.165) is 28.0 Å². The molecule has 0 aliphatic carbocycles. The van der Waals surface area contributed by atoms with E-state index in [1.54, 1.807) is 7.05 Å². The fraction of sp³-hybridized carbons (Fsp3) is 0.381. The van der Waals surface area contributed by atoms with Crippen LogP contribution in [-0.4, -0.2) is 82.9 Å². The number of hydrogen-bond donors (Lipinski definition) is 5. The molecule has 0 saturated carbocycles. The Morgan fingerprint density at radius 3 is 2.63 bits per heavy atom. The van der Waals surface area contributed by atoms with E-state index in [0.29, 0.717) is 10.7 Å². The highest BCUT2D eigenvalue weighted by atomic mass is 32.2. The maximum absolute atomic E-state index is 13.2. The molecule has 2 amide bonds. The smallest absolute Gasteiger partial charge is 0.350 e. The van der Waals surface area contributed by atoms with Gasteiger partial charge in [0.1, 0.15) is 17.1 Å². The Kier molecular flexibility index (Phi) is 8.27. The first-order valence-electron chi connectivity index (χ1n) is 11.5. The summed E-state index contributed by atoms with van der Waals surface area (Å²) in [6, 6.07) is -1.12. The van der Waals surface area contributed by atoms with Gasteiger partial charge < -0.3 is 42.4 Å². The van der Waals surface area contributed by atoms with E-state index in [-0.39, 0.29) is 39.9 Å². The molecule has 2 aromatic heterocycles. The van der Waals surface area contributed by atoms with E-state index < -0.39 is 46.5 Å². The van der Waals surface area contributed by atoms with Crippen molar-refractivity contribution in [1.29, 1.82) is 0 Å². The van der Waals surface area contributed by atoms with Crippen LogP contribution in [0, 0.1) is 0 Å². The second-order valence-corrected chi connectivity index (χ2v) is 12.0. The number of oxime groups is 1. The average molecular weight is 625 g/mol. The number of carbonyl (C=O) groups is 4. The molecule has 4 heterocycles. The maximum Gasteiger partial charge on any atom is 0.350 e. The lowest BCUT2D eigenvalue weighted by atomic mass is 10.0. The van der Waals surface area contributed by atoms with Crippen molar-refractivity contribution in [3.63, 3.8) is 0 Å². The average Bonchev–Trinajstić information content (AvgIpc) is 3.33. The molecule has 0 aromatic carbocycles. The largest absolute Gasteiger partial charge is 0.543 e. The summed E-state index contributed by atoms with van der Waals surface area (Å²) in [7, 11) is 1.62. The van der Waals surface area contributed by atoms with Gasteiger partial charge in [0.05, 0.1) is 18.7 Å². The zero-order valence-corrected chi connectivity index (χ0v) is 24.1. The van der Waals surface area contributed by atoms with Crippen LogP contribution in [0.1, 0.15) is 19.5 Å². The SMILES string of the molecule is C[n+]1c(N)nc(N)nc1SCC1=C(C(=O)[O-])N2C(=O)C(NC(=O)/C(=N\OC(C)(C)C(=O)O)c3csc(N)n3)[C@H]2SC1. The van der Waals surface area contributed by atoms with Gasteiger partial charge in [-0.3, -0.25) is 14.5 Å². The van der Waals surface area contributed by atoms with Crippen molar-refractivity contribution in [2.45, 2.75) is 36.0 Å². The number of amides is 2. The van der Waals surface area contributed by atoms with Crippen LogP contribution in [-0.2, 0) is 31.1 Å². The summed E-state index contributed by atoms with van der Waals surface area (Å²) in [4.78, 5) is 67.9. The number of rotatable bonds is 10. The van der Waals surface area contributed by atoms with Crippen molar-refractivity contribution in [2.24, 2.45) is 12.2 Å². The summed E-state index contributed by atoms with van der Waals surface area (Å²) in [5, 5.41) is 28.8. The highest BCUT2D eigenvalue weighted by Crippen LogP contribution is 2.41. The Morgan fingerprint density at radius 1 is 1.32 bits per heavy atom. The van der Waals surface area contributed by atoms with Gasteiger partial charge in [0.15, 0.2) is 10.8 Å². The molecule has 0 radical (unpaired) electrons. The minimum absolute atomic E-state index is 0.0000883. The van der Waals surface area contributed by atoms with Gasteiger partial charge >= 0.3 is 17.9 Å². The Morgan fingerprint density at radius 2 is 2.02 bits per heavy atom. The van der Waals surface area contributed by atoms with Crippen molar-refractivity contribution in [2.75, 3.05) is 28.7 Å². The lowest BCUT2D eigenvalue weighted by molar-refractivity contribution is -0.701. The van der Waals surface area contributed by atoms with Gasteiger partial charge in [0.25, 0.3) is 17.0 Å². The number of carbonyl (C=O) groups excluding carboxylic acids is 3. The van der Waals surface area contributed by atoms with Crippen LogP contribution in [0.2, 0.25) is 0 Å². The van der Waals surface area contributed by atoms with E-state index in [2.05, 4.69) is 25.4 Å². The number of thioether (sulfide) groups is 2. The van der Waals surface area contributed by atoms with Crippen LogP contribution in [0.25, 0.3) is 0 Å². The number of nitrogen functional groups attached to an aromatic ring is 3. The number of carboxylic acid groups (broad SMARTS) is 2. The quantitative estimate of drug-likeness (QED) is 0.0591. The fourth-order valence-electron chi connectivity index (χ4n) is 3.56. The van der Waals surface area contributed by atoms with Gasteiger partial charge in [-0.2, -0.15) is 0 Å². The predicted molar refractivity (Wildman–Crippen MR) is 146 cm³/mol. The Balaban J connectivity index is 1.53. The predicted octanol–water partition coefficient (Wildman–Crippen LogP) is -2.72. The van der Waals surface area contributed by atoms with Crippen LogP contribution >= 0.6 is 34.9 Å². The molecule has 17 nitrogen and oxygen atoms in total. The molecule has 1 fully saturated rings. The highest BCUT2D eigenvalue weighted by molar-refractivity contribution is 8.01. The van der Waals surface area contributed by atoms with Crippen molar-refractivity contribution in [3.8, 4) is 0 Å². The monoisotopic (exact) mass is 624 g/mol. The first-order chi connectivity index (χ1) is 19.2. The van der Waals surface area contributed by atoms with Gasteiger partial charge in [-0.1, -0.05) is 26.9 Å². The molecule has 0 spiro atoms. The van der Waals surface area contributed by atoms with Gasteiger partial charge in [-0.25, -0.2) is 14.3 Å². The van der Waals surface area contributed by atoms with Crippen LogP contribution in [0.15, 0.2) is 27.0 Å². The molecule has 1 unspecified atom stereocenters. The first kappa shape index (κ1) is 29.8. The molecule has 41 heavy (non-hydrogen) atoms. The van der Waals surface area contributed by atoms with Gasteiger partial charge in [-0.05, 0) is 19.4 Å². The summed E-state index contributed by atoms with van der Waals surface area (Å²) < 4.78 is 1.48. The van der Waals surface area contributed by atoms with E-state index in [1.165, 1.54) is 35.6 Å². The Labute approximate surface area is 244 Å². The molecule has 218 valence electrons. The fourth-order valence-corrected chi connectivity index (χ4v) is 6.57. The number of aliphatic carboxylic acids is 2. The van der Waals surface area contributed by atoms with E-state index >= 15 is 0 Å². The lowest BCUT2D eigenvalue weighted by Gasteiger charge is -2.50. The van der Waals surface area contributed by atoms with Crippen LogP contribution < -0.4 is 32.2 Å². The molecule has 4 rings (SSSR count). The number of anilines is 3. The third-order valence-corrected chi connectivity index (χ3v) is 8.96. The maximum atomic E-state index is 13.2. The van der Waals surface area contributed by atoms with Gasteiger partial charge in [-0.15, -0.1) is 23.1 Å². The molecule has 2 atom stereocenters. The number of nitrogens with two attached hydrogens (primary N) is 3. The van der Waals surface area contributed by atoms with E-state index in [9.17, 15) is 29.4 Å². The number of fused-ring (bicyclic) bond motifs is 1. The standard InChI is InChI=1S/C21H24N10O7S3/c1-21(2,16(36)37)38-29-9(8-6-40-19(24)25-8)12(32)26-10-13(33)31-11(15(34)35)7(4-39-14(10)31)5-41-20-28-17(22)27-18(23)30(20)3/h6,10,14H,4-5H2,1-3H3,(H8,22,23,24,25,26,27,32,34,35,36,37)/b29-9-/t10?,14-/m1/s1. The molecule has 2 aromatic rings. The number of nitrogens with zero attached hydrogens (tertiary/aromatic N) is 6. The number of thiazole rings is 1. The van der Waals surface area contributed by atoms with Crippen LogP contribution in [0.5, 0.6) is 0 Å². The highest BCUT2D eigenvalue weighted by Gasteiger charge is 2.53. The molecule has 8 N–H and O–H groups in total. The van der Waals surface area contributed by atoms with Crippen molar-refractivity contribution in [3.05, 3.63) is 22.3 Å². The zero-order valence-electron chi connectivity index (χ0n) is 21.7. The first-order valence-corrected chi connectivity index (χ1v) is 14.4. The summed E-state index contributed by atoms with van der Waals surface area (Å²) in [5.41, 5.74) is 15.0. The second-order valence-electron chi connectivity index (χ2n) is 9.09.